The lowest BCUT2D eigenvalue weighted by atomic mass is 10.1. The molecule has 0 spiro atoms. The van der Waals surface area contributed by atoms with Gasteiger partial charge in [-0.2, -0.15) is 0 Å². The first kappa shape index (κ1) is 15.5. The maximum absolute atomic E-state index is 12.3. The molecule has 0 bridgehead atoms. The number of hydrogen-bond donors (Lipinski definition) is 0. The van der Waals surface area contributed by atoms with Crippen molar-refractivity contribution in [3.63, 3.8) is 0 Å². The molecule has 0 aliphatic heterocycles. The van der Waals surface area contributed by atoms with Crippen LogP contribution in [0.4, 0.5) is 0 Å². The van der Waals surface area contributed by atoms with E-state index in [4.69, 9.17) is 16.3 Å². The van der Waals surface area contributed by atoms with E-state index in [0.717, 1.165) is 5.56 Å². The fraction of sp³-hybridized carbons (Fsp3) is 0.400. The highest BCUT2D eigenvalue weighted by Crippen LogP contribution is 2.24. The zero-order valence-corrected chi connectivity index (χ0v) is 13.3. The molecular formula is C15H18ClN3O2. The second kappa shape index (κ2) is 5.85. The number of ether oxygens (including phenoxy) is 1. The van der Waals surface area contributed by atoms with Crippen LogP contribution in [0.1, 0.15) is 49.8 Å². The molecule has 2 aromatic rings. The van der Waals surface area contributed by atoms with Crippen LogP contribution in [-0.4, -0.2) is 26.6 Å². The quantitative estimate of drug-likeness (QED) is 0.814. The Kier molecular flexibility index (Phi) is 4.32. The van der Waals surface area contributed by atoms with Crippen LogP contribution in [0.3, 0.4) is 0 Å². The predicted octanol–water partition coefficient (Wildman–Crippen LogP) is 3.50. The van der Waals surface area contributed by atoms with Gasteiger partial charge in [-0.15, -0.1) is 5.10 Å². The zero-order chi connectivity index (χ0) is 15.6. The Morgan fingerprint density at radius 2 is 1.90 bits per heavy atom. The van der Waals surface area contributed by atoms with Crippen molar-refractivity contribution in [3.05, 3.63) is 46.7 Å². The normalized spacial score (nSPS) is 13.0. The third-order valence-corrected chi connectivity index (χ3v) is 3.15. The first-order valence-corrected chi connectivity index (χ1v) is 7.06. The summed E-state index contributed by atoms with van der Waals surface area (Å²) in [5.74, 6) is -0.528. The summed E-state index contributed by atoms with van der Waals surface area (Å²) < 4.78 is 6.86. The van der Waals surface area contributed by atoms with E-state index in [-0.39, 0.29) is 16.9 Å². The van der Waals surface area contributed by atoms with E-state index in [1.807, 2.05) is 37.3 Å². The number of hydrogen-bond acceptors (Lipinski definition) is 4. The standard InChI is InChI=1S/C15H18ClN3O2/c1-10(11-8-6-5-7-9-11)19-12(13(16)17-18-19)14(20)21-15(2,3)4/h5-10H,1-4H3/t10-/m1/s1. The molecule has 6 heteroatoms. The fourth-order valence-electron chi connectivity index (χ4n) is 1.92. The van der Waals surface area contributed by atoms with Gasteiger partial charge in [-0.3, -0.25) is 0 Å². The van der Waals surface area contributed by atoms with Crippen LogP contribution in [0.15, 0.2) is 30.3 Å². The number of aromatic nitrogens is 3. The average Bonchev–Trinajstić information content (AvgIpc) is 2.79. The maximum atomic E-state index is 12.3. The van der Waals surface area contributed by atoms with Gasteiger partial charge in [0.1, 0.15) is 5.60 Å². The van der Waals surface area contributed by atoms with Gasteiger partial charge in [0.15, 0.2) is 10.8 Å². The van der Waals surface area contributed by atoms with Crippen LogP contribution >= 0.6 is 11.6 Å². The molecule has 0 unspecified atom stereocenters. The highest BCUT2D eigenvalue weighted by Gasteiger charge is 2.27. The van der Waals surface area contributed by atoms with Crippen molar-refractivity contribution in [3.8, 4) is 0 Å². The Labute approximate surface area is 128 Å². The molecule has 0 saturated heterocycles. The van der Waals surface area contributed by atoms with Gasteiger partial charge in [-0.1, -0.05) is 47.1 Å². The summed E-state index contributed by atoms with van der Waals surface area (Å²) >= 11 is 6.00. The number of nitrogens with zero attached hydrogens (tertiary/aromatic N) is 3. The molecule has 1 aromatic carbocycles. The SMILES string of the molecule is C[C@H](c1ccccc1)n1nnc(Cl)c1C(=O)OC(C)(C)C. The molecule has 0 aliphatic carbocycles. The average molecular weight is 308 g/mol. The van der Waals surface area contributed by atoms with Crippen LogP contribution in [0.2, 0.25) is 5.15 Å². The molecule has 0 aliphatic rings. The highest BCUT2D eigenvalue weighted by atomic mass is 35.5. The molecule has 0 saturated carbocycles. The molecule has 0 radical (unpaired) electrons. The molecule has 0 fully saturated rings. The first-order chi connectivity index (χ1) is 9.79. The molecule has 2 rings (SSSR count). The monoisotopic (exact) mass is 307 g/mol. The molecule has 21 heavy (non-hydrogen) atoms. The van der Waals surface area contributed by atoms with Crippen molar-refractivity contribution in [2.24, 2.45) is 0 Å². The summed E-state index contributed by atoms with van der Waals surface area (Å²) in [7, 11) is 0. The number of benzene rings is 1. The smallest absolute Gasteiger partial charge is 0.360 e. The van der Waals surface area contributed by atoms with E-state index in [9.17, 15) is 4.79 Å². The molecule has 1 aromatic heterocycles. The van der Waals surface area contributed by atoms with E-state index < -0.39 is 11.6 Å². The van der Waals surface area contributed by atoms with Crippen molar-refractivity contribution in [2.45, 2.75) is 39.3 Å². The summed E-state index contributed by atoms with van der Waals surface area (Å²) in [6, 6.07) is 9.53. The van der Waals surface area contributed by atoms with Crippen LogP contribution in [0.5, 0.6) is 0 Å². The lowest BCUT2D eigenvalue weighted by Gasteiger charge is -2.21. The number of esters is 1. The Bertz CT molecular complexity index is 632. The summed E-state index contributed by atoms with van der Waals surface area (Å²) in [4.78, 5) is 12.3. The van der Waals surface area contributed by atoms with Gasteiger partial charge >= 0.3 is 5.97 Å². The lowest BCUT2D eigenvalue weighted by molar-refractivity contribution is 0.00551. The van der Waals surface area contributed by atoms with Gasteiger partial charge in [-0.05, 0) is 33.3 Å². The molecule has 1 heterocycles. The number of carbonyl (C=O) groups is 1. The van der Waals surface area contributed by atoms with E-state index in [1.54, 1.807) is 20.8 Å². The lowest BCUT2D eigenvalue weighted by Crippen LogP contribution is -2.26. The summed E-state index contributed by atoms with van der Waals surface area (Å²) in [5, 5.41) is 7.82. The Morgan fingerprint density at radius 1 is 1.29 bits per heavy atom. The van der Waals surface area contributed by atoms with E-state index in [1.165, 1.54) is 4.68 Å². The Morgan fingerprint density at radius 3 is 2.48 bits per heavy atom. The van der Waals surface area contributed by atoms with Crippen molar-refractivity contribution < 1.29 is 9.53 Å². The third kappa shape index (κ3) is 3.61. The molecule has 5 nitrogen and oxygen atoms in total. The summed E-state index contributed by atoms with van der Waals surface area (Å²) in [5.41, 5.74) is 0.567. The minimum Gasteiger partial charge on any atom is -0.455 e. The number of carbonyl (C=O) groups excluding carboxylic acids is 1. The van der Waals surface area contributed by atoms with Gasteiger partial charge in [0.2, 0.25) is 0 Å². The largest absolute Gasteiger partial charge is 0.455 e. The van der Waals surface area contributed by atoms with Crippen molar-refractivity contribution in [1.82, 2.24) is 15.0 Å². The predicted molar refractivity (Wildman–Crippen MR) is 80.5 cm³/mol. The number of halogens is 1. The molecule has 0 amide bonds. The zero-order valence-electron chi connectivity index (χ0n) is 12.5. The second-order valence-corrected chi connectivity index (χ2v) is 6.12. The van der Waals surface area contributed by atoms with Crippen molar-refractivity contribution >= 4 is 17.6 Å². The maximum Gasteiger partial charge on any atom is 0.360 e. The van der Waals surface area contributed by atoms with E-state index in [2.05, 4.69) is 10.3 Å². The Balaban J connectivity index is 2.36. The molecule has 1 atom stereocenters. The van der Waals surface area contributed by atoms with Gasteiger partial charge in [-0.25, -0.2) is 9.48 Å². The molecular weight excluding hydrogens is 290 g/mol. The Hall–Kier alpha value is -1.88. The van der Waals surface area contributed by atoms with Gasteiger partial charge in [0, 0.05) is 0 Å². The van der Waals surface area contributed by atoms with E-state index in [0.29, 0.717) is 0 Å². The van der Waals surface area contributed by atoms with Crippen LogP contribution in [0.25, 0.3) is 0 Å². The van der Waals surface area contributed by atoms with E-state index >= 15 is 0 Å². The first-order valence-electron chi connectivity index (χ1n) is 6.68. The van der Waals surface area contributed by atoms with Crippen LogP contribution < -0.4 is 0 Å². The minimum absolute atomic E-state index is 0.0482. The van der Waals surface area contributed by atoms with Crippen molar-refractivity contribution in [1.29, 1.82) is 0 Å². The highest BCUT2D eigenvalue weighted by molar-refractivity contribution is 6.32. The number of rotatable bonds is 3. The van der Waals surface area contributed by atoms with Gasteiger partial charge in [0.25, 0.3) is 0 Å². The topological polar surface area (TPSA) is 57.0 Å². The molecule has 0 N–H and O–H groups in total. The van der Waals surface area contributed by atoms with Gasteiger partial charge in [0.05, 0.1) is 6.04 Å². The fourth-order valence-corrected chi connectivity index (χ4v) is 2.12. The van der Waals surface area contributed by atoms with Gasteiger partial charge < -0.3 is 4.74 Å². The van der Waals surface area contributed by atoms with Crippen LogP contribution in [0, 0.1) is 0 Å². The third-order valence-electron chi connectivity index (χ3n) is 2.89. The molecule has 112 valence electrons. The van der Waals surface area contributed by atoms with Crippen LogP contribution in [-0.2, 0) is 4.74 Å². The minimum atomic E-state index is -0.606. The van der Waals surface area contributed by atoms with Crippen molar-refractivity contribution in [2.75, 3.05) is 0 Å². The summed E-state index contributed by atoms with van der Waals surface area (Å²) in [6.45, 7) is 7.32. The summed E-state index contributed by atoms with van der Waals surface area (Å²) in [6.07, 6.45) is 0. The second-order valence-electron chi connectivity index (χ2n) is 5.76.